The van der Waals surface area contributed by atoms with Gasteiger partial charge in [0, 0.05) is 25.5 Å². The zero-order chi connectivity index (χ0) is 18.5. The summed E-state index contributed by atoms with van der Waals surface area (Å²) in [6.45, 7) is 2.91. The maximum Gasteiger partial charge on any atom is 0.317 e. The lowest BCUT2D eigenvalue weighted by Crippen LogP contribution is -2.46. The highest BCUT2D eigenvalue weighted by molar-refractivity contribution is 5.76. The molecule has 1 saturated heterocycles. The van der Waals surface area contributed by atoms with Gasteiger partial charge in [0.2, 0.25) is 0 Å². The van der Waals surface area contributed by atoms with Crippen LogP contribution in [0.25, 0.3) is 11.1 Å². The number of piperidine rings is 1. The van der Waals surface area contributed by atoms with Crippen LogP contribution in [0.1, 0.15) is 31.4 Å². The number of carboxylic acids is 1. The molecule has 0 spiro atoms. The van der Waals surface area contributed by atoms with Gasteiger partial charge in [0.15, 0.2) is 0 Å². The first-order valence-corrected chi connectivity index (χ1v) is 8.83. The summed E-state index contributed by atoms with van der Waals surface area (Å²) in [6, 6.07) is 11.7. The molecule has 2 heterocycles. The summed E-state index contributed by atoms with van der Waals surface area (Å²) >= 11 is 0. The minimum atomic E-state index is -0.771. The van der Waals surface area contributed by atoms with E-state index in [1.165, 1.54) is 0 Å². The Morgan fingerprint density at radius 1 is 1.15 bits per heavy atom. The molecule has 1 atom stereocenters. The molecule has 0 bridgehead atoms. The van der Waals surface area contributed by atoms with Crippen LogP contribution in [0, 0.1) is 5.92 Å². The van der Waals surface area contributed by atoms with Crippen LogP contribution in [0.4, 0.5) is 4.79 Å². The Labute approximate surface area is 152 Å². The van der Waals surface area contributed by atoms with Gasteiger partial charge in [-0.2, -0.15) is 0 Å². The number of nitrogens with one attached hydrogen (secondary N) is 1. The average Bonchev–Trinajstić information content (AvgIpc) is 2.68. The van der Waals surface area contributed by atoms with E-state index in [1.54, 1.807) is 11.1 Å². The number of rotatable bonds is 4. The molecule has 0 radical (unpaired) electrons. The lowest BCUT2D eigenvalue weighted by molar-refractivity contribution is -0.143. The molecule has 3 rings (SSSR count). The Balaban J connectivity index is 1.57. The lowest BCUT2D eigenvalue weighted by Gasteiger charge is -2.31. The van der Waals surface area contributed by atoms with Crippen molar-refractivity contribution in [3.05, 3.63) is 54.4 Å². The number of carboxylic acid groups (broad SMARTS) is 1. The van der Waals surface area contributed by atoms with Crippen LogP contribution in [0.15, 0.2) is 48.8 Å². The number of carbonyl (C=O) groups is 2. The van der Waals surface area contributed by atoms with Gasteiger partial charge in [0.1, 0.15) is 0 Å². The molecule has 0 aliphatic carbocycles. The van der Waals surface area contributed by atoms with E-state index in [9.17, 15) is 9.59 Å². The molecule has 2 aromatic rings. The Morgan fingerprint density at radius 3 is 2.42 bits per heavy atom. The van der Waals surface area contributed by atoms with Gasteiger partial charge >= 0.3 is 12.0 Å². The van der Waals surface area contributed by atoms with Crippen molar-refractivity contribution >= 4 is 12.0 Å². The molecule has 1 unspecified atom stereocenters. The highest BCUT2D eigenvalue weighted by Crippen LogP contribution is 2.22. The number of aliphatic carboxylic acids is 1. The van der Waals surface area contributed by atoms with Crippen LogP contribution >= 0.6 is 0 Å². The number of pyridine rings is 1. The third kappa shape index (κ3) is 4.20. The number of hydrogen-bond acceptors (Lipinski definition) is 3. The van der Waals surface area contributed by atoms with Crippen LogP contribution in [-0.4, -0.2) is 40.1 Å². The minimum absolute atomic E-state index is 0.123. The van der Waals surface area contributed by atoms with E-state index in [0.717, 1.165) is 16.7 Å². The van der Waals surface area contributed by atoms with Gasteiger partial charge in [-0.1, -0.05) is 30.3 Å². The molecule has 6 nitrogen and oxygen atoms in total. The molecule has 0 saturated carbocycles. The number of aromatic nitrogens is 1. The number of benzene rings is 1. The molecule has 1 aromatic carbocycles. The van der Waals surface area contributed by atoms with Gasteiger partial charge in [-0.3, -0.25) is 9.78 Å². The van der Waals surface area contributed by atoms with Crippen LogP contribution in [0.3, 0.4) is 0 Å². The first-order valence-electron chi connectivity index (χ1n) is 8.83. The molecule has 1 aromatic heterocycles. The number of urea groups is 1. The van der Waals surface area contributed by atoms with Crippen molar-refractivity contribution in [2.75, 3.05) is 13.1 Å². The Hall–Kier alpha value is -2.89. The smallest absolute Gasteiger partial charge is 0.317 e. The van der Waals surface area contributed by atoms with Gasteiger partial charge in [-0.15, -0.1) is 0 Å². The van der Waals surface area contributed by atoms with Crippen molar-refractivity contribution in [3.63, 3.8) is 0 Å². The quantitative estimate of drug-likeness (QED) is 0.883. The van der Waals surface area contributed by atoms with Crippen LogP contribution < -0.4 is 5.32 Å². The maximum absolute atomic E-state index is 12.4. The summed E-state index contributed by atoms with van der Waals surface area (Å²) < 4.78 is 0. The van der Waals surface area contributed by atoms with Gasteiger partial charge in [-0.25, -0.2) is 4.79 Å². The topological polar surface area (TPSA) is 82.5 Å². The van der Waals surface area contributed by atoms with E-state index in [1.807, 2.05) is 49.5 Å². The molecular weight excluding hydrogens is 330 g/mol. The van der Waals surface area contributed by atoms with Crippen molar-refractivity contribution in [3.8, 4) is 11.1 Å². The summed E-state index contributed by atoms with van der Waals surface area (Å²) in [6.07, 6.45) is 4.59. The van der Waals surface area contributed by atoms with E-state index < -0.39 is 5.97 Å². The largest absolute Gasteiger partial charge is 0.481 e. The van der Waals surface area contributed by atoms with Crippen molar-refractivity contribution in [1.29, 1.82) is 0 Å². The number of nitrogens with zero attached hydrogens (tertiary/aromatic N) is 2. The second-order valence-electron chi connectivity index (χ2n) is 6.63. The molecule has 1 aliphatic heterocycles. The summed E-state index contributed by atoms with van der Waals surface area (Å²) in [5, 5.41) is 12.0. The Morgan fingerprint density at radius 2 is 1.85 bits per heavy atom. The number of hydrogen-bond donors (Lipinski definition) is 2. The SMILES string of the molecule is CC(NC(=O)N1CCC(C(=O)O)CC1)c1ccc(-c2cccnc2)cc1. The Bertz CT molecular complexity index is 754. The normalized spacial score (nSPS) is 16.1. The predicted molar refractivity (Wildman–Crippen MR) is 98.6 cm³/mol. The highest BCUT2D eigenvalue weighted by atomic mass is 16.4. The highest BCUT2D eigenvalue weighted by Gasteiger charge is 2.27. The van der Waals surface area contributed by atoms with Crippen molar-refractivity contribution in [2.45, 2.75) is 25.8 Å². The monoisotopic (exact) mass is 353 g/mol. The molecule has 136 valence electrons. The summed E-state index contributed by atoms with van der Waals surface area (Å²) in [5.41, 5.74) is 3.15. The van der Waals surface area contributed by atoms with Gasteiger partial charge in [-0.05, 0) is 42.5 Å². The standard InChI is InChI=1S/C20H23N3O3/c1-14(22-20(26)23-11-8-17(9-12-23)19(24)25)15-4-6-16(7-5-15)18-3-2-10-21-13-18/h2-7,10,13-14,17H,8-9,11-12H2,1H3,(H,22,26)(H,24,25). The summed E-state index contributed by atoms with van der Waals surface area (Å²) in [5.74, 6) is -1.11. The molecule has 6 heteroatoms. The van der Waals surface area contributed by atoms with Crippen LogP contribution in [0.5, 0.6) is 0 Å². The van der Waals surface area contributed by atoms with E-state index >= 15 is 0 Å². The zero-order valence-corrected chi connectivity index (χ0v) is 14.8. The fraction of sp³-hybridized carbons (Fsp3) is 0.350. The number of likely N-dealkylation sites (tertiary alicyclic amines) is 1. The molecule has 2 amide bonds. The molecular formula is C20H23N3O3. The predicted octanol–water partition coefficient (Wildman–Crippen LogP) is 3.32. The van der Waals surface area contributed by atoms with E-state index in [2.05, 4.69) is 10.3 Å². The third-order valence-electron chi connectivity index (χ3n) is 4.88. The molecule has 26 heavy (non-hydrogen) atoms. The molecule has 1 aliphatic rings. The van der Waals surface area contributed by atoms with E-state index in [-0.39, 0.29) is 18.0 Å². The maximum atomic E-state index is 12.4. The van der Waals surface area contributed by atoms with Crippen molar-refractivity contribution in [2.24, 2.45) is 5.92 Å². The van der Waals surface area contributed by atoms with Crippen LogP contribution in [-0.2, 0) is 4.79 Å². The average molecular weight is 353 g/mol. The first kappa shape index (κ1) is 17.9. The van der Waals surface area contributed by atoms with Crippen molar-refractivity contribution < 1.29 is 14.7 Å². The fourth-order valence-corrected chi connectivity index (χ4v) is 3.19. The van der Waals surface area contributed by atoms with E-state index in [0.29, 0.717) is 25.9 Å². The second-order valence-corrected chi connectivity index (χ2v) is 6.63. The minimum Gasteiger partial charge on any atom is -0.481 e. The van der Waals surface area contributed by atoms with Gasteiger partial charge in [0.05, 0.1) is 12.0 Å². The number of amides is 2. The van der Waals surface area contributed by atoms with Crippen molar-refractivity contribution in [1.82, 2.24) is 15.2 Å². The Kier molecular flexibility index (Phi) is 5.51. The second kappa shape index (κ2) is 7.99. The summed E-state index contributed by atoms with van der Waals surface area (Å²) in [7, 11) is 0. The fourth-order valence-electron chi connectivity index (χ4n) is 3.19. The molecule has 2 N–H and O–H groups in total. The number of carbonyl (C=O) groups excluding carboxylic acids is 1. The molecule has 1 fully saturated rings. The summed E-state index contributed by atoms with van der Waals surface area (Å²) in [4.78, 5) is 29.2. The van der Waals surface area contributed by atoms with Gasteiger partial charge in [0.25, 0.3) is 0 Å². The third-order valence-corrected chi connectivity index (χ3v) is 4.88. The lowest BCUT2D eigenvalue weighted by atomic mass is 9.97. The van der Waals surface area contributed by atoms with E-state index in [4.69, 9.17) is 5.11 Å². The van der Waals surface area contributed by atoms with Gasteiger partial charge < -0.3 is 15.3 Å². The first-order chi connectivity index (χ1) is 12.5. The zero-order valence-electron chi connectivity index (χ0n) is 14.8. The van der Waals surface area contributed by atoms with Crippen LogP contribution in [0.2, 0.25) is 0 Å².